The van der Waals surface area contributed by atoms with Gasteiger partial charge in [-0.05, 0) is 40.2 Å². The largest absolute Gasteiger partial charge is 0.324 e. The smallest absolute Gasteiger partial charge is 0.234 e. The Morgan fingerprint density at radius 3 is 2.76 bits per heavy atom. The maximum absolute atomic E-state index is 12.0. The van der Waals surface area contributed by atoms with Crippen molar-refractivity contribution in [2.24, 2.45) is 0 Å². The van der Waals surface area contributed by atoms with Crippen LogP contribution in [-0.2, 0) is 4.79 Å². The number of nitrogens with zero attached hydrogens (tertiary/aromatic N) is 1. The molecule has 0 spiro atoms. The van der Waals surface area contributed by atoms with Crippen LogP contribution < -0.4 is 5.32 Å². The number of carbonyl (C=O) groups excluding carboxylic acids is 1. The number of amides is 1. The predicted molar refractivity (Wildman–Crippen MR) is 93.1 cm³/mol. The number of thiazole rings is 1. The summed E-state index contributed by atoms with van der Waals surface area (Å²) in [5.74, 6) is 0.312. The summed E-state index contributed by atoms with van der Waals surface area (Å²) in [4.78, 5) is 16.5. The highest BCUT2D eigenvalue weighted by Crippen LogP contribution is 2.29. The number of rotatable bonds is 4. The van der Waals surface area contributed by atoms with Crippen molar-refractivity contribution in [2.75, 3.05) is 11.1 Å². The molecule has 3 rings (SSSR count). The number of benzene rings is 2. The van der Waals surface area contributed by atoms with E-state index in [9.17, 15) is 4.79 Å². The van der Waals surface area contributed by atoms with Crippen LogP contribution in [-0.4, -0.2) is 16.6 Å². The van der Waals surface area contributed by atoms with E-state index in [0.717, 1.165) is 24.7 Å². The fraction of sp³-hybridized carbons (Fsp3) is 0.0667. The lowest BCUT2D eigenvalue weighted by Crippen LogP contribution is -2.14. The van der Waals surface area contributed by atoms with Gasteiger partial charge < -0.3 is 5.32 Å². The van der Waals surface area contributed by atoms with Crippen LogP contribution >= 0.6 is 39.0 Å². The number of anilines is 1. The van der Waals surface area contributed by atoms with Gasteiger partial charge in [-0.2, -0.15) is 0 Å². The van der Waals surface area contributed by atoms with Crippen molar-refractivity contribution in [1.82, 2.24) is 4.98 Å². The Morgan fingerprint density at radius 1 is 1.19 bits per heavy atom. The lowest BCUT2D eigenvalue weighted by molar-refractivity contribution is -0.113. The molecule has 0 aliphatic rings. The van der Waals surface area contributed by atoms with E-state index >= 15 is 0 Å². The Balaban J connectivity index is 1.62. The first-order valence-corrected chi connectivity index (χ1v) is 8.84. The summed E-state index contributed by atoms with van der Waals surface area (Å²) in [7, 11) is 0. The Bertz CT molecular complexity index is 755. The summed E-state index contributed by atoms with van der Waals surface area (Å²) in [5.41, 5.74) is 1.77. The van der Waals surface area contributed by atoms with Crippen LogP contribution in [0.2, 0.25) is 0 Å². The standard InChI is InChI=1S/C15H11BrN2OS2/c16-10-5-1-2-6-11(10)17-14(19)9-20-15-18-12-7-3-4-8-13(12)21-15/h1-8H,9H2,(H,17,19). The van der Waals surface area contributed by atoms with Gasteiger partial charge in [0.25, 0.3) is 0 Å². The molecule has 0 saturated carbocycles. The van der Waals surface area contributed by atoms with Crippen LogP contribution in [0.1, 0.15) is 0 Å². The maximum atomic E-state index is 12.0. The zero-order chi connectivity index (χ0) is 14.7. The van der Waals surface area contributed by atoms with Crippen LogP contribution in [0, 0.1) is 0 Å². The highest BCUT2D eigenvalue weighted by atomic mass is 79.9. The molecule has 2 aromatic carbocycles. The SMILES string of the molecule is O=C(CSc1nc2ccccc2s1)Nc1ccccc1Br. The van der Waals surface area contributed by atoms with Gasteiger partial charge in [0.15, 0.2) is 4.34 Å². The van der Waals surface area contributed by atoms with Gasteiger partial charge in [0.1, 0.15) is 0 Å². The molecule has 0 bridgehead atoms. The molecule has 0 radical (unpaired) electrons. The lowest BCUT2D eigenvalue weighted by Gasteiger charge is -2.05. The third-order valence-corrected chi connectivity index (χ3v) is 5.62. The number of carbonyl (C=O) groups is 1. The van der Waals surface area contributed by atoms with E-state index in [1.165, 1.54) is 11.8 Å². The van der Waals surface area contributed by atoms with E-state index in [-0.39, 0.29) is 5.91 Å². The number of hydrogen-bond donors (Lipinski definition) is 1. The van der Waals surface area contributed by atoms with Gasteiger partial charge in [-0.1, -0.05) is 36.0 Å². The van der Waals surface area contributed by atoms with Gasteiger partial charge in [-0.15, -0.1) is 11.3 Å². The molecule has 0 aliphatic carbocycles. The summed E-state index contributed by atoms with van der Waals surface area (Å²) in [6, 6.07) is 15.6. The second kappa shape index (κ2) is 6.60. The zero-order valence-electron chi connectivity index (χ0n) is 10.9. The molecule has 1 aromatic heterocycles. The van der Waals surface area contributed by atoms with Crippen LogP contribution in [0.25, 0.3) is 10.2 Å². The van der Waals surface area contributed by atoms with Crippen LogP contribution in [0.15, 0.2) is 57.3 Å². The normalized spacial score (nSPS) is 10.7. The molecule has 1 heterocycles. The molecule has 0 atom stereocenters. The first-order chi connectivity index (χ1) is 10.2. The number of fused-ring (bicyclic) bond motifs is 1. The van der Waals surface area contributed by atoms with Crippen molar-refractivity contribution in [3.05, 3.63) is 53.0 Å². The molecule has 0 saturated heterocycles. The number of para-hydroxylation sites is 2. The first kappa shape index (κ1) is 14.6. The summed E-state index contributed by atoms with van der Waals surface area (Å²) in [6.45, 7) is 0. The van der Waals surface area contributed by atoms with Gasteiger partial charge in [0, 0.05) is 4.47 Å². The Morgan fingerprint density at radius 2 is 1.95 bits per heavy atom. The molecule has 6 heteroatoms. The molecule has 3 nitrogen and oxygen atoms in total. The predicted octanol–water partition coefficient (Wildman–Crippen LogP) is 4.79. The second-order valence-corrected chi connectivity index (χ2v) is 7.37. The highest BCUT2D eigenvalue weighted by molar-refractivity contribution is 9.10. The van der Waals surface area contributed by atoms with Crippen molar-refractivity contribution >= 4 is 60.8 Å². The van der Waals surface area contributed by atoms with E-state index < -0.39 is 0 Å². The van der Waals surface area contributed by atoms with Crippen molar-refractivity contribution in [1.29, 1.82) is 0 Å². The summed E-state index contributed by atoms with van der Waals surface area (Å²) < 4.78 is 2.94. The third kappa shape index (κ3) is 3.64. The number of thioether (sulfide) groups is 1. The van der Waals surface area contributed by atoms with Crippen molar-refractivity contribution < 1.29 is 4.79 Å². The molecule has 0 fully saturated rings. The quantitative estimate of drug-likeness (QED) is 0.663. The van der Waals surface area contributed by atoms with Crippen molar-refractivity contribution in [3.63, 3.8) is 0 Å². The average Bonchev–Trinajstić information content (AvgIpc) is 2.90. The molecule has 0 aliphatic heterocycles. The minimum Gasteiger partial charge on any atom is -0.324 e. The fourth-order valence-electron chi connectivity index (χ4n) is 1.79. The van der Waals surface area contributed by atoms with E-state index in [1.54, 1.807) is 11.3 Å². The van der Waals surface area contributed by atoms with Gasteiger partial charge in [0.2, 0.25) is 5.91 Å². The first-order valence-electron chi connectivity index (χ1n) is 6.25. The Kier molecular flexibility index (Phi) is 4.57. The maximum Gasteiger partial charge on any atom is 0.234 e. The second-order valence-electron chi connectivity index (χ2n) is 4.26. The van der Waals surface area contributed by atoms with Gasteiger partial charge in [-0.25, -0.2) is 4.98 Å². The molecule has 21 heavy (non-hydrogen) atoms. The fourth-order valence-corrected chi connectivity index (χ4v) is 4.04. The van der Waals surface area contributed by atoms with E-state index in [2.05, 4.69) is 26.2 Å². The molecular weight excluding hydrogens is 368 g/mol. The van der Waals surface area contributed by atoms with Gasteiger partial charge in [0.05, 0.1) is 21.7 Å². The molecule has 1 amide bonds. The Hall–Kier alpha value is -1.37. The van der Waals surface area contributed by atoms with E-state index in [4.69, 9.17) is 0 Å². The van der Waals surface area contributed by atoms with Crippen LogP contribution in [0.3, 0.4) is 0 Å². The third-order valence-electron chi connectivity index (χ3n) is 2.75. The monoisotopic (exact) mass is 378 g/mol. The number of nitrogens with one attached hydrogen (secondary N) is 1. The van der Waals surface area contributed by atoms with Crippen LogP contribution in [0.4, 0.5) is 5.69 Å². The summed E-state index contributed by atoms with van der Waals surface area (Å²) in [6.07, 6.45) is 0. The minimum atomic E-state index is -0.0360. The summed E-state index contributed by atoms with van der Waals surface area (Å²) >= 11 is 6.48. The van der Waals surface area contributed by atoms with E-state index in [1.807, 2.05) is 48.5 Å². The lowest BCUT2D eigenvalue weighted by atomic mass is 10.3. The highest BCUT2D eigenvalue weighted by Gasteiger charge is 2.09. The van der Waals surface area contributed by atoms with Gasteiger partial charge >= 0.3 is 0 Å². The topological polar surface area (TPSA) is 42.0 Å². The van der Waals surface area contributed by atoms with E-state index in [0.29, 0.717) is 5.75 Å². The molecule has 3 aromatic rings. The number of hydrogen-bond acceptors (Lipinski definition) is 4. The van der Waals surface area contributed by atoms with Crippen molar-refractivity contribution in [2.45, 2.75) is 4.34 Å². The molecule has 106 valence electrons. The summed E-state index contributed by atoms with van der Waals surface area (Å²) in [5, 5.41) is 2.88. The Labute approximate surface area is 138 Å². The molecule has 1 N–H and O–H groups in total. The minimum absolute atomic E-state index is 0.0360. The molecular formula is C15H11BrN2OS2. The number of aromatic nitrogens is 1. The molecule has 0 unspecified atom stereocenters. The zero-order valence-corrected chi connectivity index (χ0v) is 14.1. The average molecular weight is 379 g/mol. The van der Waals surface area contributed by atoms with Crippen LogP contribution in [0.5, 0.6) is 0 Å². The van der Waals surface area contributed by atoms with Crippen molar-refractivity contribution in [3.8, 4) is 0 Å². The number of halogens is 1. The van der Waals surface area contributed by atoms with Gasteiger partial charge in [-0.3, -0.25) is 4.79 Å².